The van der Waals surface area contributed by atoms with Gasteiger partial charge in [0.2, 0.25) is 17.7 Å². The Labute approximate surface area is 516 Å². The zero-order valence-electron chi connectivity index (χ0n) is 56.2. The van der Waals surface area contributed by atoms with Gasteiger partial charge >= 0.3 is 0 Å². The van der Waals surface area contributed by atoms with Gasteiger partial charge in [0.05, 0.1) is 25.3 Å². The van der Waals surface area contributed by atoms with Gasteiger partial charge in [-0.1, -0.05) is 248 Å². The van der Waals surface area contributed by atoms with Crippen molar-refractivity contribution in [2.75, 3.05) is 33.0 Å². The molecule has 476 valence electrons. The van der Waals surface area contributed by atoms with E-state index >= 15 is 0 Å². The van der Waals surface area contributed by atoms with Crippen LogP contribution in [0.3, 0.4) is 0 Å². The lowest BCUT2D eigenvalue weighted by Gasteiger charge is -2.42. The smallest absolute Gasteiger partial charge is 0.243 e. The van der Waals surface area contributed by atoms with E-state index in [4.69, 9.17) is 18.3 Å². The Morgan fingerprint density at radius 2 is 0.786 bits per heavy atom. The maximum absolute atomic E-state index is 14.0. The van der Waals surface area contributed by atoms with Crippen LogP contribution in [0, 0.1) is 11.8 Å². The number of hydrogen-bond acceptors (Lipinski definition) is 7. The molecule has 0 spiro atoms. The third kappa shape index (κ3) is 25.0. The van der Waals surface area contributed by atoms with Gasteiger partial charge in [-0.25, -0.2) is 0 Å². The van der Waals surface area contributed by atoms with Crippen LogP contribution in [0.1, 0.15) is 249 Å². The third-order valence-electron chi connectivity index (χ3n) is 18.1. The Bertz CT molecular complexity index is 2090. The highest BCUT2D eigenvalue weighted by atomic mass is 28.4. The number of hydrogen-bond donors (Lipinski definition) is 3. The number of nitrogens with one attached hydrogen (secondary N) is 3. The summed E-state index contributed by atoms with van der Waals surface area (Å²) >= 11 is 0. The number of carbonyl (C=O) groups excluding carboxylic acids is 3. The van der Waals surface area contributed by atoms with Crippen molar-refractivity contribution in [2.24, 2.45) is 11.8 Å². The summed E-state index contributed by atoms with van der Waals surface area (Å²) in [4.78, 5) is 41.1. The molecule has 84 heavy (non-hydrogen) atoms. The second-order valence-corrected chi connectivity index (χ2v) is 38.0. The van der Waals surface area contributed by atoms with Crippen molar-refractivity contribution in [2.45, 2.75) is 284 Å². The Morgan fingerprint density at radius 3 is 1.13 bits per heavy atom. The first kappa shape index (κ1) is 74.3. The van der Waals surface area contributed by atoms with Crippen LogP contribution in [0.4, 0.5) is 0 Å². The maximum Gasteiger partial charge on any atom is 0.243 e. The summed E-state index contributed by atoms with van der Waals surface area (Å²) in [7, 11) is -3.53. The van der Waals surface area contributed by atoms with Gasteiger partial charge in [-0.2, -0.15) is 0 Å². The normalized spacial score (nSPS) is 13.2. The molecule has 0 aliphatic rings. The summed E-state index contributed by atoms with van der Waals surface area (Å²) in [5.74, 6) is 0.472. The summed E-state index contributed by atoms with van der Waals surface area (Å²) in [6, 6.07) is 25.1. The van der Waals surface area contributed by atoms with Crippen molar-refractivity contribution in [3.63, 3.8) is 0 Å². The molecule has 0 aromatic heterocycles. The Balaban J connectivity index is 1.53. The molecule has 3 aromatic carbocycles. The Hall–Kier alpha value is -3.98. The van der Waals surface area contributed by atoms with Crippen molar-refractivity contribution in [1.29, 1.82) is 0 Å². The molecule has 0 radical (unpaired) electrons. The zero-order valence-corrected chi connectivity index (χ0v) is 58.2. The zero-order chi connectivity index (χ0) is 62.1. The van der Waals surface area contributed by atoms with Gasteiger partial charge in [-0.05, 0) is 126 Å². The minimum absolute atomic E-state index is 0.142. The minimum atomic E-state index is -1.77. The van der Waals surface area contributed by atoms with Crippen LogP contribution in [0.5, 0.6) is 11.5 Å². The number of carbonyl (C=O) groups is 3. The summed E-state index contributed by atoms with van der Waals surface area (Å²) in [6.07, 6.45) is 22.8. The van der Waals surface area contributed by atoms with Gasteiger partial charge in [-0.15, -0.1) is 0 Å². The van der Waals surface area contributed by atoms with E-state index < -0.39 is 28.2 Å². The molecule has 0 unspecified atom stereocenters. The first-order chi connectivity index (χ1) is 40.0. The van der Waals surface area contributed by atoms with Crippen LogP contribution in [-0.2, 0) is 35.2 Å². The van der Waals surface area contributed by atoms with Gasteiger partial charge < -0.3 is 34.3 Å². The van der Waals surface area contributed by atoms with E-state index in [2.05, 4.69) is 99.0 Å². The van der Waals surface area contributed by atoms with E-state index in [1.165, 1.54) is 89.9 Å². The molecule has 3 N–H and O–H groups in total. The van der Waals surface area contributed by atoms with Crippen LogP contribution >= 0.6 is 0 Å². The van der Waals surface area contributed by atoms with E-state index in [0.29, 0.717) is 59.3 Å². The van der Waals surface area contributed by atoms with Gasteiger partial charge in [0.25, 0.3) is 0 Å². The molecular weight excluding hydrogens is 1070 g/mol. The fraction of sp³-hybridized carbons (Fsp3) is 0.708. The third-order valence-corrected chi connectivity index (χ3v) is 30.3. The van der Waals surface area contributed by atoms with Crippen LogP contribution < -0.4 is 25.4 Å². The lowest BCUT2D eigenvalue weighted by atomic mass is 9.84. The van der Waals surface area contributed by atoms with Crippen molar-refractivity contribution in [3.8, 4) is 11.5 Å². The van der Waals surface area contributed by atoms with Gasteiger partial charge in [-0.3, -0.25) is 14.4 Å². The fourth-order valence-electron chi connectivity index (χ4n) is 13.5. The molecule has 12 heteroatoms. The Kier molecular flexibility index (Phi) is 35.1. The molecule has 3 amide bonds. The molecule has 0 fully saturated rings. The predicted octanol–water partition coefficient (Wildman–Crippen LogP) is 18.8. The largest absolute Gasteiger partial charge is 0.494 e. The number of rotatable bonds is 46. The highest BCUT2D eigenvalue weighted by molar-refractivity contribution is 6.78. The van der Waals surface area contributed by atoms with Gasteiger partial charge in [0.1, 0.15) is 17.5 Å². The molecule has 0 saturated heterocycles. The van der Waals surface area contributed by atoms with E-state index in [9.17, 15) is 14.4 Å². The van der Waals surface area contributed by atoms with E-state index in [0.717, 1.165) is 67.1 Å². The molecule has 0 aliphatic heterocycles. The molecular formula is C72H123N3O7Si2. The van der Waals surface area contributed by atoms with Gasteiger partial charge in [0, 0.05) is 19.1 Å². The minimum Gasteiger partial charge on any atom is -0.494 e. The van der Waals surface area contributed by atoms with Crippen LogP contribution in [-0.4, -0.2) is 73.4 Å². The molecule has 2 atom stereocenters. The summed E-state index contributed by atoms with van der Waals surface area (Å²) in [6.45, 7) is 39.2. The molecule has 0 bridgehead atoms. The van der Waals surface area contributed by atoms with E-state index in [1.54, 1.807) is 0 Å². The lowest BCUT2D eigenvalue weighted by Crippen LogP contribution is -2.52. The van der Waals surface area contributed by atoms with Gasteiger partial charge in [0.15, 0.2) is 16.6 Å². The van der Waals surface area contributed by atoms with Crippen LogP contribution in [0.2, 0.25) is 33.2 Å². The summed E-state index contributed by atoms with van der Waals surface area (Å²) < 4.78 is 26.0. The molecule has 0 aliphatic carbocycles. The number of unbranched alkanes of at least 4 members (excludes halogenated alkanes) is 16. The standard InChI is InChI=1S/C72H123N3O7Si2/c1-55(2)52-68(74-70(77)62(15)53-63-38-32-31-33-39-63)71(78)73-54-69(76)75-72(16,64-40-44-66(45-41-64)79-48-34-27-23-19-17-21-25-29-36-50-81-83(56(3)4,57(5)6)58(7)8)65-42-46-67(47-43-65)80-49-35-28-24-20-18-22-26-30-37-51-82-84(59(9)10,60(11)12)61(13)14/h31-33,38-47,55-62,68H,17-30,34-37,48-54H2,1-16H3,(H,73,78)(H,74,77)(H,75,76)/t62-,68-/m0/s1. The molecule has 3 rings (SSSR count). The number of benzene rings is 3. The van der Waals surface area contributed by atoms with Crippen molar-refractivity contribution < 1.29 is 32.7 Å². The fourth-order valence-corrected chi connectivity index (χ4v) is 24.5. The van der Waals surface area contributed by atoms with Crippen molar-refractivity contribution >= 4 is 34.4 Å². The van der Waals surface area contributed by atoms with Crippen LogP contribution in [0.15, 0.2) is 78.9 Å². The summed E-state index contributed by atoms with van der Waals surface area (Å²) in [5.41, 5.74) is 5.69. The van der Waals surface area contributed by atoms with Crippen molar-refractivity contribution in [3.05, 3.63) is 95.6 Å². The first-order valence-electron chi connectivity index (χ1n) is 33.7. The van der Waals surface area contributed by atoms with Crippen LogP contribution in [0.25, 0.3) is 0 Å². The number of ether oxygens (including phenoxy) is 2. The maximum atomic E-state index is 14.0. The molecule has 0 heterocycles. The monoisotopic (exact) mass is 1200 g/mol. The number of amides is 3. The summed E-state index contributed by atoms with van der Waals surface area (Å²) in [5, 5.41) is 9.11. The second-order valence-electron chi connectivity index (χ2n) is 27.1. The predicted molar refractivity (Wildman–Crippen MR) is 359 cm³/mol. The molecule has 0 saturated carbocycles. The second kappa shape index (κ2) is 39.7. The average Bonchev–Trinajstić information content (AvgIpc) is 3.48. The first-order valence-corrected chi connectivity index (χ1v) is 38.0. The quantitative estimate of drug-likeness (QED) is 0.0380. The highest BCUT2D eigenvalue weighted by Crippen LogP contribution is 2.43. The van der Waals surface area contributed by atoms with E-state index in [-0.39, 0.29) is 36.1 Å². The Morgan fingerprint density at radius 1 is 0.440 bits per heavy atom. The topological polar surface area (TPSA) is 124 Å². The highest BCUT2D eigenvalue weighted by Gasteiger charge is 2.46. The lowest BCUT2D eigenvalue weighted by molar-refractivity contribution is -0.132. The van der Waals surface area contributed by atoms with E-state index in [1.807, 2.05) is 107 Å². The molecule has 10 nitrogen and oxygen atoms in total. The van der Waals surface area contributed by atoms with Crippen molar-refractivity contribution in [1.82, 2.24) is 16.0 Å². The molecule has 3 aromatic rings. The average molecular weight is 1200 g/mol. The SMILES string of the molecule is CC(C)C[C@H](NC(=O)[C@@H](C)Cc1ccccc1)C(=O)NCC(=O)NC(C)(c1ccc(OCCCCCCCCCCCO[Si](C(C)C)(C(C)C)C(C)C)cc1)c1ccc(OCCCCCCCCCCCO[Si](C(C)C)(C(C)C)C(C)C)cc1.